The molecule has 0 atom stereocenters. The summed E-state index contributed by atoms with van der Waals surface area (Å²) < 4.78 is 0.660. The molecule has 0 spiro atoms. The Morgan fingerprint density at radius 3 is 2.90 bits per heavy atom. The van der Waals surface area contributed by atoms with Crippen LogP contribution in [-0.4, -0.2) is 10.9 Å². The highest BCUT2D eigenvalue weighted by atomic mass is 79.9. The molecule has 100 valence electrons. The summed E-state index contributed by atoms with van der Waals surface area (Å²) in [4.78, 5) is 16.2. The van der Waals surface area contributed by atoms with E-state index in [4.69, 9.17) is 11.1 Å². The van der Waals surface area contributed by atoms with Gasteiger partial charge in [-0.25, -0.2) is 10.8 Å². The molecule has 2 aromatic rings. The summed E-state index contributed by atoms with van der Waals surface area (Å²) in [6, 6.07) is 10.2. The Labute approximate surface area is 123 Å². The highest BCUT2D eigenvalue weighted by Crippen LogP contribution is 2.19. The number of carbonyl (C=O) groups is 1. The zero-order valence-electron chi connectivity index (χ0n) is 10.2. The summed E-state index contributed by atoms with van der Waals surface area (Å²) in [5, 5.41) is 11.5. The molecule has 2 rings (SSSR count). The molecule has 0 aliphatic heterocycles. The topological polar surface area (TPSA) is 104 Å². The Balaban J connectivity index is 2.28. The number of nitrogens with one attached hydrogen (secondary N) is 2. The number of amides is 1. The van der Waals surface area contributed by atoms with Crippen molar-refractivity contribution in [1.82, 2.24) is 4.98 Å². The van der Waals surface area contributed by atoms with Crippen molar-refractivity contribution in [3.8, 4) is 6.07 Å². The number of nitriles is 1. The fraction of sp³-hybridized carbons (Fsp3) is 0. The first-order chi connectivity index (χ1) is 9.63. The molecule has 0 aliphatic rings. The van der Waals surface area contributed by atoms with E-state index in [0.717, 1.165) is 0 Å². The molecule has 0 fully saturated rings. The van der Waals surface area contributed by atoms with Gasteiger partial charge >= 0.3 is 0 Å². The van der Waals surface area contributed by atoms with Gasteiger partial charge in [-0.15, -0.1) is 0 Å². The molecule has 0 unspecified atom stereocenters. The molecule has 6 nitrogen and oxygen atoms in total. The lowest BCUT2D eigenvalue weighted by molar-refractivity contribution is 0.102. The zero-order chi connectivity index (χ0) is 14.5. The molecule has 7 heteroatoms. The summed E-state index contributed by atoms with van der Waals surface area (Å²) in [7, 11) is 0. The van der Waals surface area contributed by atoms with Crippen LogP contribution in [0.3, 0.4) is 0 Å². The molecule has 1 aromatic heterocycles. The number of pyridine rings is 1. The second-order valence-corrected chi connectivity index (χ2v) is 4.76. The molecule has 1 amide bonds. The number of nitrogens with two attached hydrogens (primary N) is 1. The van der Waals surface area contributed by atoms with E-state index in [1.165, 1.54) is 6.20 Å². The number of carbonyl (C=O) groups excluding carboxylic acids is 1. The number of anilines is 2. The summed E-state index contributed by atoms with van der Waals surface area (Å²) in [5.41, 5.74) is 3.65. The minimum atomic E-state index is -0.373. The molecular weight excluding hydrogens is 322 g/mol. The lowest BCUT2D eigenvalue weighted by atomic mass is 10.2. The predicted molar refractivity (Wildman–Crippen MR) is 78.9 cm³/mol. The highest BCUT2D eigenvalue weighted by molar-refractivity contribution is 9.10. The summed E-state index contributed by atoms with van der Waals surface area (Å²) in [6.45, 7) is 0. The molecule has 20 heavy (non-hydrogen) atoms. The smallest absolute Gasteiger partial charge is 0.259 e. The van der Waals surface area contributed by atoms with Crippen molar-refractivity contribution in [3.05, 3.63) is 52.1 Å². The molecule has 0 aliphatic carbocycles. The van der Waals surface area contributed by atoms with Gasteiger partial charge in [-0.3, -0.25) is 4.79 Å². The maximum Gasteiger partial charge on any atom is 0.259 e. The van der Waals surface area contributed by atoms with Crippen LogP contribution >= 0.6 is 15.9 Å². The zero-order valence-corrected chi connectivity index (χ0v) is 11.8. The monoisotopic (exact) mass is 331 g/mol. The van der Waals surface area contributed by atoms with Crippen molar-refractivity contribution in [2.45, 2.75) is 0 Å². The van der Waals surface area contributed by atoms with Crippen LogP contribution < -0.4 is 16.6 Å². The number of halogens is 1. The number of hydrogen-bond donors (Lipinski definition) is 3. The normalized spacial score (nSPS) is 9.65. The minimum absolute atomic E-state index is 0.266. The van der Waals surface area contributed by atoms with E-state index >= 15 is 0 Å². The third-order valence-corrected chi connectivity index (χ3v) is 2.92. The quantitative estimate of drug-likeness (QED) is 0.591. The number of hydrogen-bond acceptors (Lipinski definition) is 5. The van der Waals surface area contributed by atoms with E-state index in [-0.39, 0.29) is 11.7 Å². The fourth-order valence-electron chi connectivity index (χ4n) is 1.59. The van der Waals surface area contributed by atoms with Crippen LogP contribution in [0.15, 0.2) is 41.0 Å². The maximum atomic E-state index is 12.2. The summed E-state index contributed by atoms with van der Waals surface area (Å²) in [5.74, 6) is 5.22. The van der Waals surface area contributed by atoms with Crippen molar-refractivity contribution in [2.24, 2.45) is 5.84 Å². The largest absolute Gasteiger partial charge is 0.322 e. The van der Waals surface area contributed by atoms with Gasteiger partial charge in [0.05, 0.1) is 17.2 Å². The number of rotatable bonds is 3. The third-order valence-electron chi connectivity index (χ3n) is 2.49. The molecule has 0 saturated carbocycles. The lowest BCUT2D eigenvalue weighted by Gasteiger charge is -2.09. The second-order valence-electron chi connectivity index (χ2n) is 3.84. The molecule has 4 N–H and O–H groups in total. The SMILES string of the molecule is N#Cc1cccc(NC(=O)c2cc(Br)cnc2NN)c1. The van der Waals surface area contributed by atoms with Crippen LogP contribution in [0.4, 0.5) is 11.5 Å². The first-order valence-corrected chi connectivity index (χ1v) is 6.37. The minimum Gasteiger partial charge on any atom is -0.322 e. The standard InChI is InChI=1S/C13H10BrN5O/c14-9-5-11(12(19-16)17-7-9)13(20)18-10-3-1-2-8(4-10)6-15/h1-5,7H,16H2,(H,17,19)(H,18,20). The van der Waals surface area contributed by atoms with Gasteiger partial charge in [-0.1, -0.05) is 6.07 Å². The number of hydrazine groups is 1. The van der Waals surface area contributed by atoms with E-state index in [9.17, 15) is 4.79 Å². The summed E-state index contributed by atoms with van der Waals surface area (Å²) in [6.07, 6.45) is 1.53. The Morgan fingerprint density at radius 2 is 2.20 bits per heavy atom. The third kappa shape index (κ3) is 3.12. The van der Waals surface area contributed by atoms with Gasteiger partial charge in [0.2, 0.25) is 0 Å². The van der Waals surface area contributed by atoms with Crippen LogP contribution in [0.2, 0.25) is 0 Å². The van der Waals surface area contributed by atoms with Gasteiger partial charge in [-0.2, -0.15) is 5.26 Å². The van der Waals surface area contributed by atoms with Crippen LogP contribution in [0.25, 0.3) is 0 Å². The number of nitrogens with zero attached hydrogens (tertiary/aromatic N) is 2. The predicted octanol–water partition coefficient (Wildman–Crippen LogP) is 2.25. The Morgan fingerprint density at radius 1 is 1.40 bits per heavy atom. The average molecular weight is 332 g/mol. The van der Waals surface area contributed by atoms with Crippen LogP contribution in [0, 0.1) is 11.3 Å². The van der Waals surface area contributed by atoms with Crippen molar-refractivity contribution in [3.63, 3.8) is 0 Å². The van der Waals surface area contributed by atoms with Crippen LogP contribution in [-0.2, 0) is 0 Å². The van der Waals surface area contributed by atoms with Gasteiger partial charge in [-0.05, 0) is 40.2 Å². The molecular formula is C13H10BrN5O. The van der Waals surface area contributed by atoms with Crippen molar-refractivity contribution in [1.29, 1.82) is 5.26 Å². The molecule has 1 aromatic carbocycles. The Hall–Kier alpha value is -2.43. The first-order valence-electron chi connectivity index (χ1n) is 5.57. The molecule has 0 saturated heterocycles. The number of nitrogen functional groups attached to an aromatic ring is 1. The van der Waals surface area contributed by atoms with Gasteiger partial charge in [0.25, 0.3) is 5.91 Å². The van der Waals surface area contributed by atoms with Gasteiger partial charge in [0.15, 0.2) is 5.82 Å². The van der Waals surface area contributed by atoms with Crippen LogP contribution in [0.1, 0.15) is 15.9 Å². The molecule has 0 bridgehead atoms. The van der Waals surface area contributed by atoms with Crippen LogP contribution in [0.5, 0.6) is 0 Å². The Kier molecular flexibility index (Phi) is 4.30. The lowest BCUT2D eigenvalue weighted by Crippen LogP contribution is -2.18. The maximum absolute atomic E-state index is 12.2. The fourth-order valence-corrected chi connectivity index (χ4v) is 1.92. The van der Waals surface area contributed by atoms with E-state index in [1.54, 1.807) is 30.3 Å². The summed E-state index contributed by atoms with van der Waals surface area (Å²) >= 11 is 3.25. The van der Waals surface area contributed by atoms with Crippen molar-refractivity contribution < 1.29 is 4.79 Å². The van der Waals surface area contributed by atoms with Crippen molar-refractivity contribution in [2.75, 3.05) is 10.7 Å². The number of aromatic nitrogens is 1. The average Bonchev–Trinajstić information content (AvgIpc) is 2.47. The van der Waals surface area contributed by atoms with E-state index in [0.29, 0.717) is 21.3 Å². The van der Waals surface area contributed by atoms with E-state index in [2.05, 4.69) is 31.7 Å². The van der Waals surface area contributed by atoms with Crippen molar-refractivity contribution >= 4 is 33.3 Å². The molecule has 0 radical (unpaired) electrons. The van der Waals surface area contributed by atoms with Gasteiger partial charge < -0.3 is 10.7 Å². The second kappa shape index (κ2) is 6.14. The number of benzene rings is 1. The first kappa shape index (κ1) is 14.0. The molecule has 1 heterocycles. The highest BCUT2D eigenvalue weighted by Gasteiger charge is 2.13. The Bertz CT molecular complexity index is 695. The van der Waals surface area contributed by atoms with Gasteiger partial charge in [0.1, 0.15) is 0 Å². The van der Waals surface area contributed by atoms with E-state index in [1.807, 2.05) is 6.07 Å². The van der Waals surface area contributed by atoms with E-state index < -0.39 is 0 Å². The van der Waals surface area contributed by atoms with Gasteiger partial charge in [0, 0.05) is 16.4 Å².